The molecule has 1 aliphatic heterocycles. The smallest absolute Gasteiger partial charge is 0.416 e. The molecule has 1 aromatic heterocycles. The van der Waals surface area contributed by atoms with Crippen molar-refractivity contribution < 1.29 is 18.7 Å². The van der Waals surface area contributed by atoms with Crippen molar-refractivity contribution in [2.45, 2.75) is 12.5 Å². The number of hydrogen-bond donors (Lipinski definition) is 2. The van der Waals surface area contributed by atoms with Crippen molar-refractivity contribution in [2.75, 3.05) is 13.3 Å². The predicted octanol–water partition coefficient (Wildman–Crippen LogP) is 5.40. The van der Waals surface area contributed by atoms with E-state index < -0.39 is 18.0 Å². The van der Waals surface area contributed by atoms with Gasteiger partial charge in [-0.1, -0.05) is 23.7 Å². The molecule has 33 heavy (non-hydrogen) atoms. The minimum Gasteiger partial charge on any atom is -0.479 e. The first-order valence-corrected chi connectivity index (χ1v) is 10.9. The molecule has 0 aliphatic carbocycles. The van der Waals surface area contributed by atoms with Crippen molar-refractivity contribution in [3.05, 3.63) is 94.4 Å². The summed E-state index contributed by atoms with van der Waals surface area (Å²) < 4.78 is 24.2. The van der Waals surface area contributed by atoms with Gasteiger partial charge in [0.15, 0.2) is 0 Å². The molecule has 6 nitrogen and oxygen atoms in total. The summed E-state index contributed by atoms with van der Waals surface area (Å²) in [5, 5.41) is 1.69. The monoisotopic (exact) mass is 465 g/mol. The summed E-state index contributed by atoms with van der Waals surface area (Å²) in [5.74, 6) is 0.522. The highest BCUT2D eigenvalue weighted by molar-refractivity contribution is 6.31. The molecular formula is C25H21ClFN3O3. The third-order valence-electron chi connectivity index (χ3n) is 5.79. The van der Waals surface area contributed by atoms with E-state index in [-0.39, 0.29) is 12.5 Å². The number of halogens is 2. The van der Waals surface area contributed by atoms with Crippen LogP contribution in [-0.2, 0) is 6.42 Å². The fraction of sp³-hybridized carbons (Fsp3) is 0.160. The molecule has 4 aromatic rings. The van der Waals surface area contributed by atoms with Crippen LogP contribution in [0.5, 0.6) is 11.5 Å². The zero-order valence-corrected chi connectivity index (χ0v) is 18.3. The van der Waals surface area contributed by atoms with Crippen LogP contribution in [0.25, 0.3) is 10.9 Å². The van der Waals surface area contributed by atoms with Gasteiger partial charge in [-0.05, 0) is 72.1 Å². The number of fused-ring (bicyclic) bond motifs is 3. The molecule has 1 aliphatic rings. The summed E-state index contributed by atoms with van der Waals surface area (Å²) >= 11 is 6.25. The van der Waals surface area contributed by atoms with Crippen LogP contribution in [-0.4, -0.2) is 29.3 Å². The summed E-state index contributed by atoms with van der Waals surface area (Å²) in [5.41, 5.74) is 9.33. The first kappa shape index (κ1) is 21.3. The Balaban J connectivity index is 1.56. The van der Waals surface area contributed by atoms with Crippen molar-refractivity contribution in [3.8, 4) is 11.5 Å². The van der Waals surface area contributed by atoms with Gasteiger partial charge in [0.1, 0.15) is 30.1 Å². The van der Waals surface area contributed by atoms with Crippen molar-refractivity contribution >= 4 is 28.6 Å². The molecule has 1 atom stereocenters. The summed E-state index contributed by atoms with van der Waals surface area (Å²) in [6.45, 7) is 0.518. The first-order chi connectivity index (χ1) is 16.0. The third-order valence-corrected chi connectivity index (χ3v) is 6.02. The number of benzene rings is 3. The number of amides is 1. The van der Waals surface area contributed by atoms with Crippen LogP contribution in [0.2, 0.25) is 5.02 Å². The van der Waals surface area contributed by atoms with Gasteiger partial charge in [0.05, 0.1) is 0 Å². The number of carbonyl (C=O) groups is 1. The maximum atomic E-state index is 13.3. The Bertz CT molecular complexity index is 1310. The van der Waals surface area contributed by atoms with E-state index in [2.05, 4.69) is 4.98 Å². The number of ether oxygens (including phenoxy) is 2. The molecule has 168 valence electrons. The van der Waals surface area contributed by atoms with Gasteiger partial charge in [0.25, 0.3) is 0 Å². The normalized spacial score (nSPS) is 15.4. The van der Waals surface area contributed by atoms with Gasteiger partial charge >= 0.3 is 6.09 Å². The molecule has 1 unspecified atom stereocenters. The zero-order valence-electron chi connectivity index (χ0n) is 17.6. The number of aromatic amines is 1. The van der Waals surface area contributed by atoms with Gasteiger partial charge in [-0.25, -0.2) is 9.18 Å². The van der Waals surface area contributed by atoms with Gasteiger partial charge in [0.2, 0.25) is 0 Å². The number of hydrogen-bond acceptors (Lipinski definition) is 4. The second kappa shape index (κ2) is 8.77. The van der Waals surface area contributed by atoms with E-state index in [0.29, 0.717) is 23.7 Å². The van der Waals surface area contributed by atoms with E-state index in [1.165, 1.54) is 24.3 Å². The highest BCUT2D eigenvalue weighted by Gasteiger charge is 2.35. The Morgan fingerprint density at radius 2 is 1.82 bits per heavy atom. The van der Waals surface area contributed by atoms with Crippen LogP contribution >= 0.6 is 11.6 Å². The lowest BCUT2D eigenvalue weighted by Crippen LogP contribution is -2.42. The lowest BCUT2D eigenvalue weighted by atomic mass is 9.92. The fourth-order valence-corrected chi connectivity index (χ4v) is 4.48. The minimum atomic E-state index is -0.517. The minimum absolute atomic E-state index is 0.0752. The lowest BCUT2D eigenvalue weighted by Gasteiger charge is -2.35. The van der Waals surface area contributed by atoms with Gasteiger partial charge in [-0.3, -0.25) is 10.6 Å². The molecule has 0 radical (unpaired) electrons. The second-order valence-corrected chi connectivity index (χ2v) is 8.19. The van der Waals surface area contributed by atoms with E-state index in [0.717, 1.165) is 27.7 Å². The molecule has 8 heteroatoms. The largest absolute Gasteiger partial charge is 0.479 e. The third kappa shape index (κ3) is 4.13. The molecule has 3 N–H and O–H groups in total. The van der Waals surface area contributed by atoms with Gasteiger partial charge in [-0.2, -0.15) is 0 Å². The van der Waals surface area contributed by atoms with Crippen molar-refractivity contribution in [2.24, 2.45) is 5.73 Å². The van der Waals surface area contributed by atoms with Gasteiger partial charge in [-0.15, -0.1) is 0 Å². The first-order valence-electron chi connectivity index (χ1n) is 10.5. The maximum absolute atomic E-state index is 13.3. The van der Waals surface area contributed by atoms with Crippen LogP contribution in [0.15, 0.2) is 66.7 Å². The molecule has 2 heterocycles. The van der Waals surface area contributed by atoms with Gasteiger partial charge in [0, 0.05) is 28.2 Å². The summed E-state index contributed by atoms with van der Waals surface area (Å²) in [6, 6.07) is 18.1. The molecule has 1 amide bonds. The average molecular weight is 466 g/mol. The zero-order chi connectivity index (χ0) is 22.9. The number of nitrogens with zero attached hydrogens (tertiary/aromatic N) is 1. The van der Waals surface area contributed by atoms with Crippen LogP contribution in [0.4, 0.5) is 9.18 Å². The van der Waals surface area contributed by atoms with E-state index in [4.69, 9.17) is 26.8 Å². The molecule has 0 bridgehead atoms. The van der Waals surface area contributed by atoms with E-state index in [1.807, 2.05) is 42.5 Å². The van der Waals surface area contributed by atoms with Crippen LogP contribution in [0.3, 0.4) is 0 Å². The van der Waals surface area contributed by atoms with Crippen LogP contribution in [0.1, 0.15) is 22.9 Å². The van der Waals surface area contributed by atoms with Crippen molar-refractivity contribution in [1.82, 2.24) is 9.88 Å². The van der Waals surface area contributed by atoms with Crippen molar-refractivity contribution in [1.29, 1.82) is 0 Å². The van der Waals surface area contributed by atoms with E-state index >= 15 is 0 Å². The molecule has 3 aromatic carbocycles. The maximum Gasteiger partial charge on any atom is 0.416 e. The highest BCUT2D eigenvalue weighted by atomic mass is 35.5. The van der Waals surface area contributed by atoms with E-state index in [9.17, 15) is 9.18 Å². The number of aromatic nitrogens is 1. The standard InChI is InChI=1S/C25H21ClFN3O3/c26-16-3-10-22-21(13-16)20-11-12-30(25(31)33-19-8-4-17(27)5-9-19)24(23(20)29-22)15-1-6-18(7-2-15)32-14-28/h1-10,13,24,29H,11-12,14,28H2. The molecule has 0 saturated carbocycles. The summed E-state index contributed by atoms with van der Waals surface area (Å²) in [4.78, 5) is 18.4. The SMILES string of the molecule is NCOc1ccc(C2c3[nH]c4ccc(Cl)cc4c3CCN2C(=O)Oc2ccc(F)cc2)cc1. The average Bonchev–Trinajstić information content (AvgIpc) is 3.18. The molecule has 0 fully saturated rings. The van der Waals surface area contributed by atoms with Crippen molar-refractivity contribution in [3.63, 3.8) is 0 Å². The molecule has 5 rings (SSSR count). The van der Waals surface area contributed by atoms with E-state index in [1.54, 1.807) is 4.90 Å². The second-order valence-electron chi connectivity index (χ2n) is 7.75. The Morgan fingerprint density at radius 3 is 2.55 bits per heavy atom. The highest BCUT2D eigenvalue weighted by Crippen LogP contribution is 2.39. The summed E-state index contributed by atoms with van der Waals surface area (Å²) in [7, 11) is 0. The Morgan fingerprint density at radius 1 is 1.09 bits per heavy atom. The number of carbonyl (C=O) groups excluding carboxylic acids is 1. The number of H-pyrrole nitrogens is 1. The Labute approximate surface area is 194 Å². The Kier molecular flexibility index (Phi) is 5.66. The fourth-order valence-electron chi connectivity index (χ4n) is 4.31. The lowest BCUT2D eigenvalue weighted by molar-refractivity contribution is 0.135. The topological polar surface area (TPSA) is 80.6 Å². The quantitative estimate of drug-likeness (QED) is 0.395. The van der Waals surface area contributed by atoms with Gasteiger partial charge < -0.3 is 14.5 Å². The molecule has 0 saturated heterocycles. The summed E-state index contributed by atoms with van der Waals surface area (Å²) in [6.07, 6.45) is 0.121. The molecular weight excluding hydrogens is 445 g/mol. The number of nitrogens with one attached hydrogen (secondary N) is 1. The number of nitrogens with two attached hydrogens (primary N) is 1. The molecule has 0 spiro atoms. The predicted molar refractivity (Wildman–Crippen MR) is 124 cm³/mol. The van der Waals surface area contributed by atoms with Crippen LogP contribution in [0, 0.1) is 5.82 Å². The number of rotatable bonds is 4. The Hall–Kier alpha value is -3.55. The van der Waals surface area contributed by atoms with Crippen LogP contribution < -0.4 is 15.2 Å².